The number of piperazine rings is 1. The summed E-state index contributed by atoms with van der Waals surface area (Å²) in [7, 11) is 0. The first-order valence-electron chi connectivity index (χ1n) is 10.0. The van der Waals surface area contributed by atoms with Crippen LogP contribution in [0.25, 0.3) is 5.69 Å². The van der Waals surface area contributed by atoms with Gasteiger partial charge < -0.3 is 15.0 Å². The van der Waals surface area contributed by atoms with E-state index in [1.165, 1.54) is 0 Å². The van der Waals surface area contributed by atoms with Crippen LogP contribution in [0.2, 0.25) is 0 Å². The molecule has 1 aliphatic heterocycles. The number of nitrogens with zero attached hydrogens (tertiary/aromatic N) is 4. The molecule has 1 unspecified atom stereocenters. The predicted octanol–water partition coefficient (Wildman–Crippen LogP) is 2.59. The summed E-state index contributed by atoms with van der Waals surface area (Å²) >= 11 is 0. The van der Waals surface area contributed by atoms with Crippen LogP contribution in [0.4, 0.5) is 10.5 Å². The van der Waals surface area contributed by atoms with Crippen LogP contribution in [0.5, 0.6) is 0 Å². The Morgan fingerprint density at radius 1 is 1.14 bits per heavy atom. The number of para-hydroxylation sites is 1. The Kier molecular flexibility index (Phi) is 6.53. The molecule has 2 amide bonds. The lowest BCUT2D eigenvalue weighted by Crippen LogP contribution is -2.54. The molecule has 156 valence electrons. The Balaban J connectivity index is 1.64. The van der Waals surface area contributed by atoms with Crippen LogP contribution in [0.1, 0.15) is 25.2 Å². The Hall–Kier alpha value is -2.87. The van der Waals surface area contributed by atoms with Gasteiger partial charge in [-0.2, -0.15) is 5.10 Å². The van der Waals surface area contributed by atoms with E-state index in [4.69, 9.17) is 4.74 Å². The smallest absolute Gasteiger partial charge is 0.409 e. The quantitative estimate of drug-likeness (QED) is 0.836. The van der Waals surface area contributed by atoms with Gasteiger partial charge in [-0.3, -0.25) is 9.69 Å². The molecular weight excluding hydrogens is 370 g/mol. The average molecular weight is 399 g/mol. The van der Waals surface area contributed by atoms with Crippen molar-refractivity contribution in [3.63, 3.8) is 0 Å². The van der Waals surface area contributed by atoms with E-state index >= 15 is 0 Å². The summed E-state index contributed by atoms with van der Waals surface area (Å²) in [6.07, 6.45) is -0.288. The molecule has 3 rings (SSSR count). The van der Waals surface area contributed by atoms with E-state index in [1.807, 2.05) is 55.8 Å². The molecule has 1 aromatic heterocycles. The summed E-state index contributed by atoms with van der Waals surface area (Å²) in [6, 6.07) is 9.54. The predicted molar refractivity (Wildman–Crippen MR) is 111 cm³/mol. The van der Waals surface area contributed by atoms with Crippen LogP contribution < -0.4 is 5.32 Å². The molecule has 1 fully saturated rings. The van der Waals surface area contributed by atoms with Gasteiger partial charge in [0.05, 0.1) is 35.4 Å². The molecule has 0 aliphatic carbocycles. The Morgan fingerprint density at radius 3 is 2.41 bits per heavy atom. The lowest BCUT2D eigenvalue weighted by atomic mass is 10.2. The Morgan fingerprint density at radius 2 is 1.79 bits per heavy atom. The van der Waals surface area contributed by atoms with Crippen LogP contribution in [-0.2, 0) is 9.53 Å². The number of carbonyl (C=O) groups is 2. The molecule has 8 heteroatoms. The van der Waals surface area contributed by atoms with Gasteiger partial charge in [-0.05, 0) is 39.8 Å². The minimum Gasteiger partial charge on any atom is -0.450 e. The number of amides is 2. The Labute approximate surface area is 171 Å². The fourth-order valence-corrected chi connectivity index (χ4v) is 3.54. The van der Waals surface area contributed by atoms with Gasteiger partial charge in [0.1, 0.15) is 0 Å². The normalized spacial score (nSPS) is 15.8. The highest BCUT2D eigenvalue weighted by Crippen LogP contribution is 2.23. The molecule has 1 N–H and O–H groups in total. The molecule has 1 aromatic carbocycles. The number of anilines is 1. The van der Waals surface area contributed by atoms with Crippen molar-refractivity contribution in [3.8, 4) is 5.69 Å². The fourth-order valence-electron chi connectivity index (χ4n) is 3.54. The van der Waals surface area contributed by atoms with Gasteiger partial charge in [0.2, 0.25) is 5.91 Å². The SMILES string of the molecule is CCOC(=O)N1CCN(C(C)C(=O)Nc2c(C)nn(-c3ccccc3)c2C)CC1. The number of hydrogen-bond acceptors (Lipinski definition) is 5. The zero-order valence-corrected chi connectivity index (χ0v) is 17.5. The molecule has 0 saturated carbocycles. The molecule has 1 atom stereocenters. The number of nitrogens with one attached hydrogen (secondary N) is 1. The van der Waals surface area contributed by atoms with E-state index in [-0.39, 0.29) is 18.0 Å². The zero-order chi connectivity index (χ0) is 21.0. The topological polar surface area (TPSA) is 79.7 Å². The standard InChI is InChI=1S/C21H29N5O3/c1-5-29-21(28)25-13-11-24(12-14-25)17(4)20(27)22-19-15(2)23-26(16(19)3)18-9-7-6-8-10-18/h6-10,17H,5,11-14H2,1-4H3,(H,22,27). The third-order valence-corrected chi connectivity index (χ3v) is 5.31. The van der Waals surface area contributed by atoms with Crippen LogP contribution in [0.3, 0.4) is 0 Å². The summed E-state index contributed by atoms with van der Waals surface area (Å²) < 4.78 is 6.89. The van der Waals surface area contributed by atoms with Crippen molar-refractivity contribution in [2.75, 3.05) is 38.1 Å². The van der Waals surface area contributed by atoms with Gasteiger partial charge in [-0.25, -0.2) is 9.48 Å². The lowest BCUT2D eigenvalue weighted by molar-refractivity contribution is -0.121. The van der Waals surface area contributed by atoms with E-state index in [1.54, 1.807) is 11.8 Å². The number of rotatable bonds is 5. The van der Waals surface area contributed by atoms with Crippen LogP contribution in [0, 0.1) is 13.8 Å². The molecular formula is C21H29N5O3. The molecule has 2 aromatic rings. The maximum Gasteiger partial charge on any atom is 0.409 e. The van der Waals surface area contributed by atoms with Crippen LogP contribution in [0.15, 0.2) is 30.3 Å². The average Bonchev–Trinajstić information content (AvgIpc) is 3.02. The number of aromatic nitrogens is 2. The maximum absolute atomic E-state index is 12.9. The summed E-state index contributed by atoms with van der Waals surface area (Å²) in [6.45, 7) is 10.3. The molecule has 0 spiro atoms. The van der Waals surface area contributed by atoms with E-state index in [0.717, 1.165) is 22.8 Å². The minimum atomic E-state index is -0.307. The largest absolute Gasteiger partial charge is 0.450 e. The fraction of sp³-hybridized carbons (Fsp3) is 0.476. The summed E-state index contributed by atoms with van der Waals surface area (Å²) in [5.41, 5.74) is 3.37. The number of benzene rings is 1. The number of carbonyl (C=O) groups excluding carboxylic acids is 2. The monoisotopic (exact) mass is 399 g/mol. The third kappa shape index (κ3) is 4.59. The van der Waals surface area contributed by atoms with Crippen molar-refractivity contribution in [2.45, 2.75) is 33.7 Å². The van der Waals surface area contributed by atoms with Gasteiger partial charge in [-0.1, -0.05) is 18.2 Å². The molecule has 0 radical (unpaired) electrons. The second-order valence-corrected chi connectivity index (χ2v) is 7.18. The first-order chi connectivity index (χ1) is 13.9. The second-order valence-electron chi connectivity index (χ2n) is 7.18. The van der Waals surface area contributed by atoms with Crippen molar-refractivity contribution in [2.24, 2.45) is 0 Å². The lowest BCUT2D eigenvalue weighted by Gasteiger charge is -2.36. The van der Waals surface area contributed by atoms with Crippen molar-refractivity contribution in [1.82, 2.24) is 19.6 Å². The van der Waals surface area contributed by atoms with E-state index in [2.05, 4.69) is 15.3 Å². The zero-order valence-electron chi connectivity index (χ0n) is 17.5. The molecule has 0 bridgehead atoms. The summed E-state index contributed by atoms with van der Waals surface area (Å²) in [5.74, 6) is -0.0756. The maximum atomic E-state index is 12.9. The molecule has 1 aliphatic rings. The number of ether oxygens (including phenoxy) is 1. The highest BCUT2D eigenvalue weighted by atomic mass is 16.6. The first kappa shape index (κ1) is 20.9. The van der Waals surface area contributed by atoms with Crippen molar-refractivity contribution < 1.29 is 14.3 Å². The number of hydrogen-bond donors (Lipinski definition) is 1. The Bertz CT molecular complexity index is 857. The highest BCUT2D eigenvalue weighted by molar-refractivity contribution is 5.95. The molecule has 2 heterocycles. The minimum absolute atomic E-state index is 0.0756. The highest BCUT2D eigenvalue weighted by Gasteiger charge is 2.29. The molecule has 29 heavy (non-hydrogen) atoms. The van der Waals surface area contributed by atoms with Gasteiger partial charge in [0.25, 0.3) is 0 Å². The van der Waals surface area contributed by atoms with Crippen molar-refractivity contribution in [3.05, 3.63) is 41.7 Å². The van der Waals surface area contributed by atoms with E-state index in [9.17, 15) is 9.59 Å². The third-order valence-electron chi connectivity index (χ3n) is 5.31. The van der Waals surface area contributed by atoms with Crippen LogP contribution >= 0.6 is 0 Å². The van der Waals surface area contributed by atoms with Gasteiger partial charge in [0.15, 0.2) is 0 Å². The summed E-state index contributed by atoms with van der Waals surface area (Å²) in [4.78, 5) is 28.5. The van der Waals surface area contributed by atoms with E-state index in [0.29, 0.717) is 32.8 Å². The van der Waals surface area contributed by atoms with Crippen molar-refractivity contribution in [1.29, 1.82) is 0 Å². The number of aryl methyl sites for hydroxylation is 1. The van der Waals surface area contributed by atoms with Gasteiger partial charge in [0, 0.05) is 26.2 Å². The first-order valence-corrected chi connectivity index (χ1v) is 10.0. The second kappa shape index (κ2) is 9.09. The van der Waals surface area contributed by atoms with Crippen molar-refractivity contribution >= 4 is 17.7 Å². The molecule has 1 saturated heterocycles. The van der Waals surface area contributed by atoms with E-state index < -0.39 is 0 Å². The van der Waals surface area contributed by atoms with Gasteiger partial charge in [-0.15, -0.1) is 0 Å². The van der Waals surface area contributed by atoms with Crippen LogP contribution in [-0.4, -0.2) is 70.4 Å². The van der Waals surface area contributed by atoms with Gasteiger partial charge >= 0.3 is 6.09 Å². The summed E-state index contributed by atoms with van der Waals surface area (Å²) in [5, 5.41) is 7.63. The molecule has 8 nitrogen and oxygen atoms in total.